The lowest BCUT2D eigenvalue weighted by Gasteiger charge is -2.43. The van der Waals surface area contributed by atoms with E-state index in [-0.39, 0.29) is 18.8 Å². The van der Waals surface area contributed by atoms with E-state index in [2.05, 4.69) is 5.09 Å². The summed E-state index contributed by atoms with van der Waals surface area (Å²) in [6, 6.07) is 4.88. The molecule has 13 heteroatoms. The van der Waals surface area contributed by atoms with Gasteiger partial charge in [0.1, 0.15) is 18.3 Å². The SMILES string of the molecule is CC(C)C[C@@H]1NP(=O)(O[C@@H]2O[C@@H](C)[C@H](O)[C@@H](O)[C@H]2O)ON([C@@H](CC2=CCc3ccccc32)C(=O)O)C1=O. The first kappa shape index (κ1) is 27.9. The first-order chi connectivity index (χ1) is 17.4. The highest BCUT2D eigenvalue weighted by Gasteiger charge is 2.52. The van der Waals surface area contributed by atoms with E-state index in [1.165, 1.54) is 6.92 Å². The molecule has 2 fully saturated rings. The zero-order valence-electron chi connectivity index (χ0n) is 20.8. The molecule has 0 saturated carbocycles. The summed E-state index contributed by atoms with van der Waals surface area (Å²) in [5.41, 5.74) is 2.61. The number of allylic oxidation sites excluding steroid dienone is 1. The molecule has 2 heterocycles. The second-order valence-electron chi connectivity index (χ2n) is 9.99. The van der Waals surface area contributed by atoms with Crippen LogP contribution >= 0.6 is 7.75 Å². The van der Waals surface area contributed by atoms with Crippen LogP contribution in [0.2, 0.25) is 0 Å². The summed E-state index contributed by atoms with van der Waals surface area (Å²) in [6.07, 6.45) is -4.93. The minimum Gasteiger partial charge on any atom is -0.480 e. The molecule has 2 saturated heterocycles. The fraction of sp³-hybridized carbons (Fsp3) is 0.583. The lowest BCUT2D eigenvalue weighted by atomic mass is 9.98. The van der Waals surface area contributed by atoms with Crippen LogP contribution < -0.4 is 5.09 Å². The van der Waals surface area contributed by atoms with Gasteiger partial charge in [-0.15, -0.1) is 0 Å². The van der Waals surface area contributed by atoms with E-state index in [4.69, 9.17) is 13.9 Å². The quantitative estimate of drug-likeness (QED) is 0.300. The number of hydroxylamine groups is 2. The number of carboxylic acids is 1. The van der Waals surface area contributed by atoms with Gasteiger partial charge in [0.05, 0.1) is 12.1 Å². The molecule has 1 aromatic rings. The van der Waals surface area contributed by atoms with Crippen molar-refractivity contribution >= 4 is 25.2 Å². The van der Waals surface area contributed by atoms with Crippen molar-refractivity contribution in [1.29, 1.82) is 0 Å². The Morgan fingerprint density at radius 1 is 1.22 bits per heavy atom. The van der Waals surface area contributed by atoms with E-state index >= 15 is 0 Å². The monoisotopic (exact) mass is 540 g/mol. The number of carboxylic acid groups (broad SMARTS) is 1. The molecule has 1 aliphatic carbocycles. The third-order valence-corrected chi connectivity index (χ3v) is 8.20. The van der Waals surface area contributed by atoms with E-state index in [9.17, 15) is 34.6 Å². The Balaban J connectivity index is 1.61. The van der Waals surface area contributed by atoms with Gasteiger partial charge in [0, 0.05) is 6.42 Å². The Bertz CT molecular complexity index is 1110. The summed E-state index contributed by atoms with van der Waals surface area (Å²) in [5, 5.41) is 43.6. The number of hydrogen-bond donors (Lipinski definition) is 5. The van der Waals surface area contributed by atoms with Gasteiger partial charge in [-0.25, -0.2) is 14.4 Å². The van der Waals surface area contributed by atoms with Crippen LogP contribution in [-0.4, -0.2) is 80.2 Å². The highest BCUT2D eigenvalue weighted by molar-refractivity contribution is 7.51. The predicted octanol–water partition coefficient (Wildman–Crippen LogP) is 1.20. The minimum absolute atomic E-state index is 0.0453. The second kappa shape index (κ2) is 10.9. The number of aliphatic hydroxyl groups is 3. The maximum atomic E-state index is 13.8. The molecule has 1 amide bonds. The maximum absolute atomic E-state index is 13.8. The predicted molar refractivity (Wildman–Crippen MR) is 130 cm³/mol. The average Bonchev–Trinajstić information content (AvgIpc) is 3.24. The van der Waals surface area contributed by atoms with Crippen LogP contribution in [0.4, 0.5) is 0 Å². The van der Waals surface area contributed by atoms with E-state index in [0.717, 1.165) is 11.1 Å². The van der Waals surface area contributed by atoms with Crippen molar-refractivity contribution in [3.8, 4) is 0 Å². The lowest BCUT2D eigenvalue weighted by molar-refractivity contribution is -0.274. The van der Waals surface area contributed by atoms with Crippen molar-refractivity contribution in [3.63, 3.8) is 0 Å². The molecule has 2 aliphatic heterocycles. The number of carbonyl (C=O) groups excluding carboxylic acids is 1. The summed E-state index contributed by atoms with van der Waals surface area (Å²) in [5.74, 6) is -2.13. The third-order valence-electron chi connectivity index (χ3n) is 6.70. The third kappa shape index (κ3) is 5.81. The Morgan fingerprint density at radius 3 is 2.59 bits per heavy atom. The smallest absolute Gasteiger partial charge is 0.430 e. The number of aliphatic carboxylic acids is 1. The maximum Gasteiger partial charge on any atom is 0.430 e. The molecule has 0 aromatic heterocycles. The van der Waals surface area contributed by atoms with Gasteiger partial charge in [0.25, 0.3) is 5.91 Å². The molecule has 0 radical (unpaired) electrons. The molecular weight excluding hydrogens is 507 g/mol. The van der Waals surface area contributed by atoms with Crippen molar-refractivity contribution < 1.29 is 48.5 Å². The van der Waals surface area contributed by atoms with Crippen molar-refractivity contribution in [3.05, 3.63) is 41.5 Å². The van der Waals surface area contributed by atoms with Crippen LogP contribution in [0.1, 0.15) is 44.7 Å². The topological polar surface area (TPSA) is 175 Å². The van der Waals surface area contributed by atoms with Gasteiger partial charge in [0.2, 0.25) is 0 Å². The highest BCUT2D eigenvalue weighted by Crippen LogP contribution is 2.52. The number of rotatable bonds is 8. The molecular formula is C24H33N2O10P. The number of aliphatic hydroxyl groups excluding tert-OH is 3. The largest absolute Gasteiger partial charge is 0.480 e. The van der Waals surface area contributed by atoms with Crippen molar-refractivity contribution in [2.75, 3.05) is 0 Å². The number of amides is 1. The van der Waals surface area contributed by atoms with Crippen molar-refractivity contribution in [2.45, 2.75) is 82.8 Å². The van der Waals surface area contributed by atoms with Crippen LogP contribution in [0.15, 0.2) is 30.3 Å². The number of nitrogens with zero attached hydrogens (tertiary/aromatic N) is 1. The van der Waals surface area contributed by atoms with Crippen LogP contribution in [0.25, 0.3) is 5.57 Å². The van der Waals surface area contributed by atoms with Gasteiger partial charge in [0.15, 0.2) is 12.3 Å². The summed E-state index contributed by atoms with van der Waals surface area (Å²) in [7, 11) is -4.51. The van der Waals surface area contributed by atoms with Gasteiger partial charge in [-0.2, -0.15) is 9.69 Å². The van der Waals surface area contributed by atoms with Gasteiger partial charge in [-0.1, -0.05) is 44.2 Å². The number of nitrogens with one attached hydrogen (secondary N) is 1. The zero-order chi connectivity index (χ0) is 27.1. The Labute approximate surface area is 214 Å². The zero-order valence-corrected chi connectivity index (χ0v) is 21.7. The van der Waals surface area contributed by atoms with E-state index in [0.29, 0.717) is 17.1 Å². The first-order valence-corrected chi connectivity index (χ1v) is 13.7. The Kier molecular flexibility index (Phi) is 8.22. The van der Waals surface area contributed by atoms with E-state index in [1.54, 1.807) is 0 Å². The molecule has 5 N–H and O–H groups in total. The summed E-state index contributed by atoms with van der Waals surface area (Å²) in [4.78, 5) is 25.7. The Hall–Kier alpha value is -2.15. The normalized spacial score (nSPS) is 34.8. The van der Waals surface area contributed by atoms with E-state index < -0.39 is 62.4 Å². The highest BCUT2D eigenvalue weighted by atomic mass is 31.2. The molecule has 0 spiro atoms. The molecule has 12 nitrogen and oxygen atoms in total. The van der Waals surface area contributed by atoms with Crippen molar-refractivity contribution in [2.24, 2.45) is 5.92 Å². The van der Waals surface area contributed by atoms with Crippen LogP contribution in [-0.2, 0) is 34.5 Å². The number of carbonyl (C=O) groups is 2. The van der Waals surface area contributed by atoms with Crippen LogP contribution in [0.3, 0.4) is 0 Å². The summed E-state index contributed by atoms with van der Waals surface area (Å²) >= 11 is 0. The number of benzene rings is 1. The summed E-state index contributed by atoms with van der Waals surface area (Å²) < 4.78 is 30.0. The summed E-state index contributed by atoms with van der Waals surface area (Å²) in [6.45, 7) is 5.10. The number of ether oxygens (including phenoxy) is 1. The lowest BCUT2D eigenvalue weighted by Crippen LogP contribution is -2.59. The van der Waals surface area contributed by atoms with Gasteiger partial charge in [-0.3, -0.25) is 9.32 Å². The fourth-order valence-corrected chi connectivity index (χ4v) is 6.35. The van der Waals surface area contributed by atoms with Crippen LogP contribution in [0.5, 0.6) is 0 Å². The van der Waals surface area contributed by atoms with E-state index in [1.807, 2.05) is 44.2 Å². The molecule has 1 unspecified atom stereocenters. The number of fused-ring (bicyclic) bond motifs is 1. The first-order valence-electron chi connectivity index (χ1n) is 12.2. The molecule has 204 valence electrons. The van der Waals surface area contributed by atoms with Gasteiger partial charge >= 0.3 is 13.7 Å². The molecule has 1 aromatic carbocycles. The standard InChI is InChI=1S/C24H33N2O10P/c1-12(2)10-17-22(30)26(18(23(31)32)11-15-9-8-14-6-4-5-7-16(14)15)36-37(33,25-17)35-24-21(29)20(28)19(27)13(3)34-24/h4-7,9,12-13,17-21,24,27-29H,8,10-11H2,1-3H3,(H,25,33)(H,31,32)/t13-,17-,18-,19-,20+,21+,24-,37?/m0/s1. The van der Waals surface area contributed by atoms with Gasteiger partial charge < -0.3 is 25.2 Å². The molecule has 4 rings (SSSR count). The molecule has 8 atom stereocenters. The Morgan fingerprint density at radius 2 is 1.92 bits per heavy atom. The minimum atomic E-state index is -4.51. The van der Waals surface area contributed by atoms with Crippen molar-refractivity contribution in [1.82, 2.24) is 10.2 Å². The van der Waals surface area contributed by atoms with Gasteiger partial charge in [-0.05, 0) is 42.4 Å². The van der Waals surface area contributed by atoms with Crippen LogP contribution in [0, 0.1) is 5.92 Å². The molecule has 3 aliphatic rings. The fourth-order valence-electron chi connectivity index (χ4n) is 4.73. The number of hydrogen-bond acceptors (Lipinski definition) is 9. The molecule has 0 bridgehead atoms. The second-order valence-corrected chi connectivity index (χ2v) is 11.6. The molecule has 37 heavy (non-hydrogen) atoms. The average molecular weight is 541 g/mol.